The highest BCUT2D eigenvalue weighted by atomic mass is 16.7. The first-order valence-corrected chi connectivity index (χ1v) is 14.1. The first kappa shape index (κ1) is 25.6. The van der Waals surface area contributed by atoms with Crippen molar-refractivity contribution in [3.63, 3.8) is 0 Å². The Balaban J connectivity index is 1.32. The molecule has 6 aromatic rings. The molecule has 41 heavy (non-hydrogen) atoms. The molecule has 2 heterocycles. The topological polar surface area (TPSA) is 44.2 Å². The van der Waals surface area contributed by atoms with Crippen molar-refractivity contribution in [3.8, 4) is 33.9 Å². The van der Waals surface area contributed by atoms with Gasteiger partial charge in [0.2, 0.25) is 0 Å². The normalized spacial score (nSPS) is 16.0. The molecule has 0 spiro atoms. The van der Waals surface area contributed by atoms with Crippen LogP contribution in [0.2, 0.25) is 0 Å². The van der Waals surface area contributed by atoms with E-state index >= 15 is 0 Å². The lowest BCUT2D eigenvalue weighted by Gasteiger charge is -2.32. The fraction of sp³-hybridized carbons (Fsp3) is 0.167. The van der Waals surface area contributed by atoms with Gasteiger partial charge in [-0.2, -0.15) is 0 Å². The Bertz CT molecular complexity index is 1800. The third-order valence-corrected chi connectivity index (χ3v) is 8.51. The van der Waals surface area contributed by atoms with Gasteiger partial charge in [-0.05, 0) is 72.9 Å². The van der Waals surface area contributed by atoms with Crippen LogP contribution in [-0.4, -0.2) is 28.3 Å². The van der Waals surface area contributed by atoms with E-state index in [0.29, 0.717) is 5.82 Å². The van der Waals surface area contributed by atoms with Gasteiger partial charge in [0, 0.05) is 16.7 Å². The fourth-order valence-electron chi connectivity index (χ4n) is 5.34. The largest absolute Gasteiger partial charge is 0.494 e. The van der Waals surface area contributed by atoms with Crippen LogP contribution in [0.1, 0.15) is 27.7 Å². The van der Waals surface area contributed by atoms with Crippen molar-refractivity contribution >= 4 is 34.1 Å². The van der Waals surface area contributed by atoms with Gasteiger partial charge in [0.1, 0.15) is 0 Å². The SMILES string of the molecule is CC1(C)OB(c2ccc(-c3cc(-c4ccc5ccccc5c4)nc(-c4ccc5ccccc5c4)n3)cc2)OC1(C)C. The third kappa shape index (κ3) is 4.71. The number of benzene rings is 5. The first-order valence-electron chi connectivity index (χ1n) is 14.1. The maximum Gasteiger partial charge on any atom is 0.494 e. The zero-order valence-electron chi connectivity index (χ0n) is 23.8. The van der Waals surface area contributed by atoms with Gasteiger partial charge in [0.05, 0.1) is 22.6 Å². The van der Waals surface area contributed by atoms with Crippen molar-refractivity contribution in [2.24, 2.45) is 0 Å². The maximum absolute atomic E-state index is 6.27. The predicted octanol–water partition coefficient (Wildman–Crippen LogP) is 8.08. The molecule has 0 atom stereocenters. The Morgan fingerprint density at radius 1 is 0.488 bits per heavy atom. The lowest BCUT2D eigenvalue weighted by Crippen LogP contribution is -2.41. The first-order chi connectivity index (χ1) is 19.8. The molecule has 0 radical (unpaired) electrons. The number of aromatic nitrogens is 2. The number of rotatable bonds is 4. The minimum atomic E-state index is -0.402. The standard InChI is InChI=1S/C36H31BN2O2/c1-35(2)36(3,4)41-37(40-35)31-19-17-26(18-20-31)32-23-33(29-15-13-24-9-5-7-11-27(24)21-29)39-34(38-32)30-16-14-25-10-6-8-12-28(25)22-30/h5-23H,1-4H3. The molecule has 7 rings (SSSR count). The van der Waals surface area contributed by atoms with Crippen LogP contribution in [-0.2, 0) is 9.31 Å². The maximum atomic E-state index is 6.27. The minimum absolute atomic E-state index is 0.382. The van der Waals surface area contributed by atoms with E-state index in [4.69, 9.17) is 19.3 Å². The molecule has 1 aromatic heterocycles. The average molecular weight is 534 g/mol. The number of nitrogens with zero attached hydrogens (tertiary/aromatic N) is 2. The van der Waals surface area contributed by atoms with Gasteiger partial charge in [0.25, 0.3) is 0 Å². The Morgan fingerprint density at radius 2 is 0.951 bits per heavy atom. The highest BCUT2D eigenvalue weighted by molar-refractivity contribution is 6.62. The minimum Gasteiger partial charge on any atom is -0.399 e. The molecule has 0 N–H and O–H groups in total. The molecule has 1 aliphatic rings. The van der Waals surface area contributed by atoms with Crippen LogP contribution in [0.25, 0.3) is 55.4 Å². The van der Waals surface area contributed by atoms with Gasteiger partial charge in [0.15, 0.2) is 5.82 Å². The Kier molecular flexibility index (Phi) is 6.04. The summed E-state index contributed by atoms with van der Waals surface area (Å²) in [5, 5.41) is 4.75. The van der Waals surface area contributed by atoms with E-state index in [-0.39, 0.29) is 11.2 Å². The van der Waals surface area contributed by atoms with E-state index in [2.05, 4.69) is 143 Å². The number of fused-ring (bicyclic) bond motifs is 2. The molecule has 1 aliphatic heterocycles. The molecule has 0 amide bonds. The molecule has 200 valence electrons. The summed E-state index contributed by atoms with van der Waals surface area (Å²) in [6.07, 6.45) is 0. The van der Waals surface area contributed by atoms with Crippen molar-refractivity contribution in [2.75, 3.05) is 0 Å². The summed E-state index contributed by atoms with van der Waals surface area (Å²) < 4.78 is 12.5. The second-order valence-electron chi connectivity index (χ2n) is 11.8. The van der Waals surface area contributed by atoms with Gasteiger partial charge in [-0.3, -0.25) is 0 Å². The smallest absolute Gasteiger partial charge is 0.399 e. The van der Waals surface area contributed by atoms with Crippen molar-refractivity contribution in [1.29, 1.82) is 0 Å². The molecule has 1 saturated heterocycles. The molecule has 0 aliphatic carbocycles. The quantitative estimate of drug-likeness (QED) is 0.215. The third-order valence-electron chi connectivity index (χ3n) is 8.51. The highest BCUT2D eigenvalue weighted by Crippen LogP contribution is 2.37. The molecule has 0 unspecified atom stereocenters. The van der Waals surface area contributed by atoms with E-state index in [1.54, 1.807) is 0 Å². The van der Waals surface area contributed by atoms with E-state index in [1.807, 2.05) is 0 Å². The summed E-state index contributed by atoms with van der Waals surface area (Å²) in [6.45, 7) is 8.30. The lowest BCUT2D eigenvalue weighted by molar-refractivity contribution is 0.00578. The van der Waals surface area contributed by atoms with Gasteiger partial charge in [-0.25, -0.2) is 9.97 Å². The number of hydrogen-bond acceptors (Lipinski definition) is 4. The second kappa shape index (κ2) is 9.65. The van der Waals surface area contributed by atoms with Crippen molar-refractivity contribution < 1.29 is 9.31 Å². The summed E-state index contributed by atoms with van der Waals surface area (Å²) in [5.41, 5.74) is 5.04. The molecule has 0 bridgehead atoms. The highest BCUT2D eigenvalue weighted by Gasteiger charge is 2.51. The van der Waals surface area contributed by atoms with Crippen molar-refractivity contribution in [2.45, 2.75) is 38.9 Å². The van der Waals surface area contributed by atoms with Gasteiger partial charge < -0.3 is 9.31 Å². The van der Waals surface area contributed by atoms with Crippen LogP contribution in [0, 0.1) is 0 Å². The van der Waals surface area contributed by atoms with E-state index in [9.17, 15) is 0 Å². The van der Waals surface area contributed by atoms with E-state index in [1.165, 1.54) is 16.2 Å². The molecular weight excluding hydrogens is 503 g/mol. The van der Waals surface area contributed by atoms with Crippen LogP contribution in [0.15, 0.2) is 115 Å². The Morgan fingerprint density at radius 3 is 1.54 bits per heavy atom. The van der Waals surface area contributed by atoms with Gasteiger partial charge in [-0.15, -0.1) is 0 Å². The summed E-state index contributed by atoms with van der Waals surface area (Å²) >= 11 is 0. The number of hydrogen-bond donors (Lipinski definition) is 0. The zero-order valence-corrected chi connectivity index (χ0v) is 23.8. The van der Waals surface area contributed by atoms with Crippen LogP contribution < -0.4 is 5.46 Å². The monoisotopic (exact) mass is 534 g/mol. The summed E-state index contributed by atoms with van der Waals surface area (Å²) in [7, 11) is -0.402. The molecule has 4 nitrogen and oxygen atoms in total. The van der Waals surface area contributed by atoms with Crippen LogP contribution in [0.4, 0.5) is 0 Å². The van der Waals surface area contributed by atoms with Crippen LogP contribution in [0.5, 0.6) is 0 Å². The predicted molar refractivity (Wildman–Crippen MR) is 169 cm³/mol. The Labute approximate surface area is 241 Å². The fourth-order valence-corrected chi connectivity index (χ4v) is 5.34. The lowest BCUT2D eigenvalue weighted by atomic mass is 9.79. The summed E-state index contributed by atoms with van der Waals surface area (Å²) in [5.74, 6) is 0.700. The van der Waals surface area contributed by atoms with Crippen LogP contribution >= 0.6 is 0 Å². The molecule has 5 aromatic carbocycles. The van der Waals surface area contributed by atoms with E-state index < -0.39 is 7.12 Å². The van der Waals surface area contributed by atoms with Crippen LogP contribution in [0.3, 0.4) is 0 Å². The molecule has 0 saturated carbocycles. The second-order valence-corrected chi connectivity index (χ2v) is 11.8. The summed E-state index contributed by atoms with van der Waals surface area (Å²) in [4.78, 5) is 10.1. The zero-order chi connectivity index (χ0) is 28.2. The molecule has 5 heteroatoms. The molecule has 1 fully saturated rings. The van der Waals surface area contributed by atoms with Crippen molar-refractivity contribution in [3.05, 3.63) is 115 Å². The van der Waals surface area contributed by atoms with Gasteiger partial charge >= 0.3 is 7.12 Å². The average Bonchev–Trinajstić information content (AvgIpc) is 3.22. The Hall–Kier alpha value is -4.32. The molecular formula is C36H31BN2O2. The van der Waals surface area contributed by atoms with Crippen molar-refractivity contribution in [1.82, 2.24) is 9.97 Å². The van der Waals surface area contributed by atoms with E-state index in [0.717, 1.165) is 38.9 Å². The van der Waals surface area contributed by atoms with Gasteiger partial charge in [-0.1, -0.05) is 97.1 Å². The summed E-state index contributed by atoms with van der Waals surface area (Å²) in [6, 6.07) is 40.1.